The third kappa shape index (κ3) is 6.62. The van der Waals surface area contributed by atoms with Crippen LogP contribution in [0.4, 0.5) is 11.4 Å². The fourth-order valence-electron chi connectivity index (χ4n) is 3.30. The standard InChI is InChI=1S/C26H24Cl2N2O6S/c1-4-14-30(23-10-5-6-11-24(23)35-3)37(33,34)20-9-7-8-18(15-20)26(32)36-17(2)25(31)29-22-13-12-19(27)16-21(22)28/h4-13,15-17H,1,14H2,2-3H3,(H,29,31)/t17-/m0/s1. The number of anilines is 2. The molecule has 0 heterocycles. The third-order valence-corrected chi connectivity index (χ3v) is 7.47. The minimum absolute atomic E-state index is 0.0398. The second-order valence-electron chi connectivity index (χ2n) is 7.69. The lowest BCUT2D eigenvalue weighted by atomic mass is 10.2. The molecule has 0 saturated heterocycles. The number of esters is 1. The van der Waals surface area contributed by atoms with Crippen LogP contribution in [0.15, 0.2) is 84.3 Å². The molecule has 0 spiro atoms. The van der Waals surface area contributed by atoms with Gasteiger partial charge in [0.25, 0.3) is 15.9 Å². The molecule has 11 heteroatoms. The maximum absolute atomic E-state index is 13.5. The summed E-state index contributed by atoms with van der Waals surface area (Å²) in [4.78, 5) is 25.1. The lowest BCUT2D eigenvalue weighted by Gasteiger charge is -2.25. The molecule has 0 unspecified atom stereocenters. The molecule has 0 bridgehead atoms. The zero-order valence-electron chi connectivity index (χ0n) is 20.0. The normalized spacial score (nSPS) is 11.8. The number of hydrogen-bond acceptors (Lipinski definition) is 6. The molecule has 0 fully saturated rings. The highest BCUT2D eigenvalue weighted by Crippen LogP contribution is 2.32. The van der Waals surface area contributed by atoms with Crippen LogP contribution in [-0.2, 0) is 19.6 Å². The van der Waals surface area contributed by atoms with Gasteiger partial charge >= 0.3 is 5.97 Å². The van der Waals surface area contributed by atoms with Gasteiger partial charge in [-0.2, -0.15) is 0 Å². The highest BCUT2D eigenvalue weighted by Gasteiger charge is 2.28. The first-order chi connectivity index (χ1) is 17.6. The highest BCUT2D eigenvalue weighted by molar-refractivity contribution is 7.92. The van der Waals surface area contributed by atoms with Gasteiger partial charge in [-0.1, -0.05) is 47.5 Å². The minimum atomic E-state index is -4.13. The number of nitrogens with zero attached hydrogens (tertiary/aromatic N) is 1. The average Bonchev–Trinajstić information content (AvgIpc) is 2.88. The Morgan fingerprint density at radius 3 is 2.49 bits per heavy atom. The maximum atomic E-state index is 13.5. The Morgan fingerprint density at radius 2 is 1.81 bits per heavy atom. The van der Waals surface area contributed by atoms with Gasteiger partial charge in [0, 0.05) is 5.02 Å². The van der Waals surface area contributed by atoms with E-state index in [1.807, 2.05) is 0 Å². The molecule has 0 aliphatic heterocycles. The smallest absolute Gasteiger partial charge is 0.338 e. The zero-order chi connectivity index (χ0) is 27.2. The maximum Gasteiger partial charge on any atom is 0.338 e. The van der Waals surface area contributed by atoms with Crippen LogP contribution in [0.3, 0.4) is 0 Å². The Balaban J connectivity index is 1.82. The van der Waals surface area contributed by atoms with Crippen LogP contribution in [0.5, 0.6) is 5.75 Å². The van der Waals surface area contributed by atoms with Gasteiger partial charge in [0.05, 0.1) is 40.5 Å². The van der Waals surface area contributed by atoms with Gasteiger partial charge in [-0.3, -0.25) is 9.10 Å². The molecular weight excluding hydrogens is 539 g/mol. The summed E-state index contributed by atoms with van der Waals surface area (Å²) >= 11 is 11.9. The molecule has 0 aromatic heterocycles. The lowest BCUT2D eigenvalue weighted by Crippen LogP contribution is -2.32. The molecule has 0 radical (unpaired) electrons. The van der Waals surface area contributed by atoms with Gasteiger partial charge in [0.2, 0.25) is 0 Å². The van der Waals surface area contributed by atoms with Crippen molar-refractivity contribution in [2.24, 2.45) is 0 Å². The number of carbonyl (C=O) groups excluding carboxylic acids is 2. The van der Waals surface area contributed by atoms with Crippen molar-refractivity contribution >= 4 is 56.5 Å². The zero-order valence-corrected chi connectivity index (χ0v) is 22.3. The predicted octanol–water partition coefficient (Wildman–Crippen LogP) is 5.57. The van der Waals surface area contributed by atoms with Gasteiger partial charge < -0.3 is 14.8 Å². The Kier molecular flexibility index (Phi) is 9.20. The van der Waals surface area contributed by atoms with Crippen molar-refractivity contribution < 1.29 is 27.5 Å². The summed E-state index contributed by atoms with van der Waals surface area (Å²) in [6, 6.07) is 16.5. The van der Waals surface area contributed by atoms with Gasteiger partial charge in [0.15, 0.2) is 6.10 Å². The largest absolute Gasteiger partial charge is 0.495 e. The lowest BCUT2D eigenvalue weighted by molar-refractivity contribution is -0.123. The van der Waals surface area contributed by atoms with Crippen LogP contribution in [0.2, 0.25) is 10.0 Å². The van der Waals surface area contributed by atoms with Crippen molar-refractivity contribution in [2.45, 2.75) is 17.9 Å². The summed E-state index contributed by atoms with van der Waals surface area (Å²) in [7, 11) is -2.69. The van der Waals surface area contributed by atoms with E-state index in [0.717, 1.165) is 4.31 Å². The molecular formula is C26H24Cl2N2O6S. The van der Waals surface area contributed by atoms with E-state index in [2.05, 4.69) is 11.9 Å². The second-order valence-corrected chi connectivity index (χ2v) is 10.4. The summed E-state index contributed by atoms with van der Waals surface area (Å²) in [6.45, 7) is 4.99. The minimum Gasteiger partial charge on any atom is -0.495 e. The summed E-state index contributed by atoms with van der Waals surface area (Å²) in [5, 5.41) is 3.17. The molecule has 37 heavy (non-hydrogen) atoms. The van der Waals surface area contributed by atoms with Crippen molar-refractivity contribution in [3.05, 3.63) is 95.0 Å². The molecule has 1 N–H and O–H groups in total. The van der Waals surface area contributed by atoms with E-state index in [9.17, 15) is 18.0 Å². The molecule has 8 nitrogen and oxygen atoms in total. The summed E-state index contributed by atoms with van der Waals surface area (Å²) in [5.74, 6) is -1.16. The Morgan fingerprint density at radius 1 is 1.08 bits per heavy atom. The van der Waals surface area contributed by atoms with Crippen molar-refractivity contribution in [1.82, 2.24) is 0 Å². The van der Waals surface area contributed by atoms with Crippen LogP contribution in [-0.4, -0.2) is 40.1 Å². The average molecular weight is 563 g/mol. The first-order valence-corrected chi connectivity index (χ1v) is 13.1. The number of hydrogen-bond donors (Lipinski definition) is 1. The van der Waals surface area contributed by atoms with Crippen molar-refractivity contribution in [2.75, 3.05) is 23.3 Å². The van der Waals surface area contributed by atoms with E-state index in [4.69, 9.17) is 32.7 Å². The van der Waals surface area contributed by atoms with Crippen LogP contribution in [0.25, 0.3) is 0 Å². The molecule has 3 aromatic carbocycles. The SMILES string of the molecule is C=CCN(c1ccccc1OC)S(=O)(=O)c1cccc(C(=O)O[C@@H](C)C(=O)Nc2ccc(Cl)cc2Cl)c1. The first-order valence-electron chi connectivity index (χ1n) is 10.9. The summed E-state index contributed by atoms with van der Waals surface area (Å²) in [5.41, 5.74) is 0.554. The highest BCUT2D eigenvalue weighted by atomic mass is 35.5. The van der Waals surface area contributed by atoms with E-state index in [0.29, 0.717) is 22.1 Å². The number of carbonyl (C=O) groups is 2. The monoisotopic (exact) mass is 562 g/mol. The van der Waals surface area contributed by atoms with Crippen LogP contribution >= 0.6 is 23.2 Å². The Hall–Kier alpha value is -3.53. The number of para-hydroxylation sites is 2. The predicted molar refractivity (Wildman–Crippen MR) is 144 cm³/mol. The number of amides is 1. The van der Waals surface area contributed by atoms with Crippen LogP contribution in [0, 0.1) is 0 Å². The molecule has 1 amide bonds. The van der Waals surface area contributed by atoms with Crippen molar-refractivity contribution in [3.8, 4) is 5.75 Å². The quantitative estimate of drug-likeness (QED) is 0.256. The Bertz CT molecular complexity index is 1430. The van der Waals surface area contributed by atoms with Crippen molar-refractivity contribution in [1.29, 1.82) is 0 Å². The van der Waals surface area contributed by atoms with Crippen LogP contribution < -0.4 is 14.4 Å². The molecule has 1 atom stereocenters. The van der Waals surface area contributed by atoms with Gasteiger partial charge in [-0.05, 0) is 55.5 Å². The fourth-order valence-corrected chi connectivity index (χ4v) is 5.25. The summed E-state index contributed by atoms with van der Waals surface area (Å²) in [6.07, 6.45) is 0.236. The molecule has 3 aromatic rings. The number of nitrogens with one attached hydrogen (secondary N) is 1. The molecule has 194 valence electrons. The number of sulfonamides is 1. The molecule has 0 aliphatic rings. The number of ether oxygens (including phenoxy) is 2. The number of rotatable bonds is 10. The van der Waals surface area contributed by atoms with Crippen LogP contribution in [0.1, 0.15) is 17.3 Å². The van der Waals surface area contributed by atoms with Crippen molar-refractivity contribution in [3.63, 3.8) is 0 Å². The molecule has 0 aliphatic carbocycles. The van der Waals surface area contributed by atoms with E-state index < -0.39 is 28.0 Å². The summed E-state index contributed by atoms with van der Waals surface area (Å²) < 4.78 is 38.8. The number of halogens is 2. The second kappa shape index (κ2) is 12.1. The van der Waals surface area contributed by atoms with Gasteiger partial charge in [0.1, 0.15) is 5.75 Å². The molecule has 3 rings (SSSR count). The first kappa shape index (κ1) is 28.0. The number of methoxy groups -OCH3 is 1. The Labute approximate surface area is 225 Å². The third-order valence-electron chi connectivity index (χ3n) is 5.15. The van der Waals surface area contributed by atoms with Gasteiger partial charge in [-0.15, -0.1) is 6.58 Å². The van der Waals surface area contributed by atoms with E-state index in [1.54, 1.807) is 30.3 Å². The van der Waals surface area contributed by atoms with E-state index >= 15 is 0 Å². The topological polar surface area (TPSA) is 102 Å². The van der Waals surface area contributed by atoms with E-state index in [-0.39, 0.29) is 22.0 Å². The van der Waals surface area contributed by atoms with Gasteiger partial charge in [-0.25, -0.2) is 13.2 Å². The fraction of sp³-hybridized carbons (Fsp3) is 0.154. The van der Waals surface area contributed by atoms with E-state index in [1.165, 1.54) is 56.5 Å². The number of benzene rings is 3. The molecule has 0 saturated carbocycles.